The molecule has 0 atom stereocenters. The molecule has 6 heavy (non-hydrogen) atoms. The van der Waals surface area contributed by atoms with E-state index in [1.165, 1.54) is 0 Å². The van der Waals surface area contributed by atoms with E-state index in [0.717, 1.165) is 0 Å². The Morgan fingerprint density at radius 1 is 0.333 bits per heavy atom. The van der Waals surface area contributed by atoms with Gasteiger partial charge in [-0.15, -0.1) is 0 Å². The Morgan fingerprint density at radius 3 is 0.333 bits per heavy atom. The molecule has 0 fully saturated rings. The van der Waals surface area contributed by atoms with Gasteiger partial charge >= 0.3 is 0 Å². The molecule has 0 aromatic heterocycles. The molecule has 0 radical (unpaired) electrons. The van der Waals surface area contributed by atoms with E-state index >= 15 is 0 Å². The topological polar surface area (TPSA) is 0 Å². The van der Waals surface area contributed by atoms with E-state index in [9.17, 15) is 0 Å². The Morgan fingerprint density at radius 2 is 0.333 bits per heavy atom. The first-order chi connectivity index (χ1) is 0. The monoisotopic (exact) mass is 140 g/mol. The van der Waals surface area contributed by atoms with Gasteiger partial charge in [-0.2, -0.15) is 0 Å². The van der Waals surface area contributed by atoms with Gasteiger partial charge in [-0.3, -0.25) is 18.8 Å². The van der Waals surface area contributed by atoms with Crippen molar-refractivity contribution in [3.8, 4) is 0 Å². The van der Waals surface area contributed by atoms with Gasteiger partial charge < -0.3 is 0 Å². The standard InChI is InChI=1S/2Al.4FH.6H/h;;4*1H;;;;;;. The van der Waals surface area contributed by atoms with Crippen molar-refractivity contribution in [3.05, 3.63) is 0 Å². The van der Waals surface area contributed by atoms with Gasteiger partial charge in [-0.05, 0) is 0 Å². The second-order valence-electron chi connectivity index (χ2n) is 0. The summed E-state index contributed by atoms with van der Waals surface area (Å²) in [7, 11) is 0. The van der Waals surface area contributed by atoms with Crippen LogP contribution in [-0.4, -0.2) is 34.7 Å². The molecule has 0 aromatic rings. The average Bonchev–Trinajstić information content (AvgIpc) is 0. The molecular weight excluding hydrogens is 130 g/mol. The normalized spacial score (nSPS) is 0. The van der Waals surface area contributed by atoms with E-state index in [2.05, 4.69) is 0 Å². The molecule has 0 amide bonds. The summed E-state index contributed by atoms with van der Waals surface area (Å²) in [5.74, 6) is 0. The Hall–Kier alpha value is 0.785. The van der Waals surface area contributed by atoms with Crippen LogP contribution in [0, 0.1) is 0 Å². The number of rotatable bonds is 0. The molecule has 0 aromatic carbocycles. The van der Waals surface area contributed by atoms with Gasteiger partial charge in [0, 0.05) is 0 Å². The van der Waals surface area contributed by atoms with Crippen LogP contribution in [0.15, 0.2) is 0 Å². The molecule has 0 aliphatic heterocycles. The van der Waals surface area contributed by atoms with Gasteiger partial charge in [0.1, 0.15) is 0 Å². The minimum absolute atomic E-state index is 0. The fourth-order valence-electron chi connectivity index (χ4n) is 0. The summed E-state index contributed by atoms with van der Waals surface area (Å²) < 4.78 is 0. The van der Waals surface area contributed by atoms with Crippen LogP contribution >= 0.6 is 0 Å². The molecule has 0 spiro atoms. The van der Waals surface area contributed by atoms with Gasteiger partial charge in [-0.25, -0.2) is 0 Å². The highest BCUT2D eigenvalue weighted by Crippen LogP contribution is 0.423. The number of hydrogen-bond acceptors (Lipinski definition) is 0. The van der Waals surface area contributed by atoms with Crippen molar-refractivity contribution in [3.63, 3.8) is 0 Å². The molecule has 0 heterocycles. The predicted octanol–water partition coefficient (Wildman–Crippen LogP) is -1.76. The smallest absolute Gasteiger partial charge is 0.187 e. The molecule has 0 bridgehead atoms. The molecule has 0 aliphatic carbocycles. The van der Waals surface area contributed by atoms with Crippen molar-refractivity contribution >= 4 is 34.7 Å². The van der Waals surface area contributed by atoms with Gasteiger partial charge in [0.15, 0.2) is 34.7 Å². The first-order valence-corrected chi connectivity index (χ1v) is 0. The van der Waals surface area contributed by atoms with Crippen LogP contribution in [0.2, 0.25) is 0 Å². The van der Waals surface area contributed by atoms with Crippen LogP contribution in [0.25, 0.3) is 0 Å². The molecule has 6 heteroatoms. The van der Waals surface area contributed by atoms with Crippen molar-refractivity contribution in [1.82, 2.24) is 0 Å². The van der Waals surface area contributed by atoms with Gasteiger partial charge in [0.05, 0.1) is 0 Å². The summed E-state index contributed by atoms with van der Waals surface area (Å²) in [6.07, 6.45) is 0. The first-order valence-electron chi connectivity index (χ1n) is 0. The highest BCUT2D eigenvalue weighted by Gasteiger charge is 0.188. The lowest BCUT2D eigenvalue weighted by Crippen LogP contribution is -0.382. The SMILES string of the molecule is F.F.F.F.[AlH3].[AlH3]. The van der Waals surface area contributed by atoms with Crippen LogP contribution < -0.4 is 0 Å². The van der Waals surface area contributed by atoms with Crippen molar-refractivity contribution in [2.75, 3.05) is 0 Å². The molecule has 0 aliphatic rings. The van der Waals surface area contributed by atoms with Gasteiger partial charge in [-0.1, -0.05) is 0 Å². The van der Waals surface area contributed by atoms with E-state index in [0.29, 0.717) is 0 Å². The lowest BCUT2D eigenvalue weighted by atomic mass is 19.0. The summed E-state index contributed by atoms with van der Waals surface area (Å²) in [6, 6.07) is 0. The average molecular weight is 140 g/mol. The van der Waals surface area contributed by atoms with Crippen molar-refractivity contribution in [2.45, 2.75) is 0 Å². The molecule has 0 saturated heterocycles. The zero-order valence-electron chi connectivity index (χ0n) is 1.63. The second-order valence-corrected chi connectivity index (χ2v) is 0. The third-order valence-corrected chi connectivity index (χ3v) is 0. The third kappa shape index (κ3) is 111. The zero-order valence-corrected chi connectivity index (χ0v) is 1.63. The fourth-order valence-corrected chi connectivity index (χ4v) is 0. The van der Waals surface area contributed by atoms with Crippen molar-refractivity contribution < 1.29 is 18.8 Å². The minimum atomic E-state index is 0. The Labute approximate surface area is 54.0 Å². The number of halogens is 4. The Kier molecular flexibility index (Phi) is 13200. The van der Waals surface area contributed by atoms with Gasteiger partial charge in [0.2, 0.25) is 0 Å². The molecule has 0 N–H and O–H groups in total. The van der Waals surface area contributed by atoms with E-state index < -0.39 is 0 Å². The predicted molar refractivity (Wildman–Crippen MR) is 29.9 cm³/mol. The fraction of sp³-hybridized carbons (Fsp3) is 0. The van der Waals surface area contributed by atoms with E-state index in [-0.39, 0.29) is 53.5 Å². The summed E-state index contributed by atoms with van der Waals surface area (Å²) in [5.41, 5.74) is 0. The first kappa shape index (κ1) is 369. The quantitative estimate of drug-likeness (QED) is 0.276. The van der Waals surface area contributed by atoms with E-state index in [1.54, 1.807) is 0 Å². The van der Waals surface area contributed by atoms with E-state index in [1.807, 2.05) is 0 Å². The van der Waals surface area contributed by atoms with Crippen LogP contribution in [-0.2, 0) is 0 Å². The molecule has 0 unspecified atom stereocenters. The maximum absolute atomic E-state index is 0. The summed E-state index contributed by atoms with van der Waals surface area (Å²) >= 11 is 0. The van der Waals surface area contributed by atoms with Crippen LogP contribution in [0.5, 0.6) is 0 Å². The summed E-state index contributed by atoms with van der Waals surface area (Å²) in [5, 5.41) is 0. The van der Waals surface area contributed by atoms with Crippen molar-refractivity contribution in [1.29, 1.82) is 0 Å². The Balaban J connectivity index is 0. The van der Waals surface area contributed by atoms with Crippen LogP contribution in [0.1, 0.15) is 0 Å². The summed E-state index contributed by atoms with van der Waals surface area (Å²) in [4.78, 5) is 0. The lowest BCUT2D eigenvalue weighted by Gasteiger charge is -0.270. The third-order valence-electron chi connectivity index (χ3n) is 0. The highest BCUT2D eigenvalue weighted by atomic mass is 27.0. The van der Waals surface area contributed by atoms with Gasteiger partial charge in [0.25, 0.3) is 0 Å². The van der Waals surface area contributed by atoms with E-state index in [4.69, 9.17) is 0 Å². The maximum atomic E-state index is 0. The Bertz CT molecular complexity index is 5.51. The lowest BCUT2D eigenvalue weighted by molar-refractivity contribution is 1.11. The molecule has 0 rings (SSSR count). The molecule has 44 valence electrons. The minimum Gasteiger partial charge on any atom is -0.269 e. The molecule has 0 saturated carbocycles. The highest BCUT2D eigenvalue weighted by molar-refractivity contribution is 5.76. The van der Waals surface area contributed by atoms with Crippen molar-refractivity contribution in [2.24, 2.45) is 0 Å². The van der Waals surface area contributed by atoms with Crippen LogP contribution in [0.4, 0.5) is 18.8 Å². The largest absolute Gasteiger partial charge is 0.269 e. The summed E-state index contributed by atoms with van der Waals surface area (Å²) in [6.45, 7) is 0. The zero-order chi connectivity index (χ0) is 0. The van der Waals surface area contributed by atoms with Crippen LogP contribution in [0.3, 0.4) is 0 Å². The number of hydrogen-bond donors (Lipinski definition) is 0. The molecular formula is H10Al2F4. The molecule has 0 nitrogen and oxygen atoms in total. The second kappa shape index (κ2) is 215. The maximum Gasteiger partial charge on any atom is 0.187 e.